The van der Waals surface area contributed by atoms with Crippen molar-refractivity contribution in [1.82, 2.24) is 30.3 Å². The SMILES string of the molecule is CNC(=O)c1n[nH]c2ccc(NC(=O)[C@@H]3CCN(CC(=O)N4CC5[C@H]4CN5c4nccs4)C3)cc12. The molecule has 0 radical (unpaired) electrons. The second-order valence-corrected chi connectivity index (χ2v) is 10.1. The van der Waals surface area contributed by atoms with Gasteiger partial charge in [0.15, 0.2) is 10.8 Å². The maximum absolute atomic E-state index is 12.9. The minimum absolute atomic E-state index is 0.0774. The van der Waals surface area contributed by atoms with Gasteiger partial charge in [-0.3, -0.25) is 24.4 Å². The number of nitrogens with one attached hydrogen (secondary N) is 3. The number of anilines is 2. The third-order valence-corrected chi connectivity index (χ3v) is 8.08. The highest BCUT2D eigenvalue weighted by Gasteiger charge is 2.54. The zero-order valence-corrected chi connectivity index (χ0v) is 20.0. The van der Waals surface area contributed by atoms with Crippen molar-refractivity contribution < 1.29 is 14.4 Å². The summed E-state index contributed by atoms with van der Waals surface area (Å²) in [5, 5.41) is 16.1. The van der Waals surface area contributed by atoms with Gasteiger partial charge in [0.2, 0.25) is 11.8 Å². The number of fused-ring (bicyclic) bond motifs is 2. The van der Waals surface area contributed by atoms with Gasteiger partial charge in [-0.05, 0) is 31.2 Å². The van der Waals surface area contributed by atoms with Crippen molar-refractivity contribution in [1.29, 1.82) is 0 Å². The predicted molar refractivity (Wildman–Crippen MR) is 131 cm³/mol. The van der Waals surface area contributed by atoms with Crippen molar-refractivity contribution in [3.8, 4) is 0 Å². The molecule has 3 atom stereocenters. The molecular formula is C23H26N8O3S. The maximum Gasteiger partial charge on any atom is 0.272 e. The number of thiazole rings is 1. The van der Waals surface area contributed by atoms with E-state index < -0.39 is 0 Å². The number of piperazine rings is 1. The number of likely N-dealkylation sites (tertiary alicyclic amines) is 2. The lowest BCUT2D eigenvalue weighted by atomic mass is 9.86. The fourth-order valence-electron chi connectivity index (χ4n) is 5.22. The molecule has 182 valence electrons. The molecular weight excluding hydrogens is 468 g/mol. The summed E-state index contributed by atoms with van der Waals surface area (Å²) in [6.45, 7) is 3.22. The first-order valence-corrected chi connectivity index (χ1v) is 12.6. The lowest BCUT2D eigenvalue weighted by molar-refractivity contribution is -0.144. The molecule has 0 bridgehead atoms. The smallest absolute Gasteiger partial charge is 0.272 e. The molecule has 11 nitrogen and oxygen atoms in total. The standard InChI is InChI=1S/C23H26N8O3S/c1-24-22(34)20-15-8-14(2-3-16(15)27-28-20)26-21(33)13-4-6-29(9-13)12-19(32)30-10-18-17(30)11-31(18)23-25-5-7-35-23/h2-3,5,7-8,13,17-18H,4,6,9-12H2,1H3,(H,24,34)(H,26,33)(H,27,28)/t13-,17-,18?/m1/s1. The molecule has 3 aliphatic heterocycles. The van der Waals surface area contributed by atoms with Crippen LogP contribution in [-0.4, -0.2) is 94.6 Å². The molecule has 3 N–H and O–H groups in total. The van der Waals surface area contributed by atoms with E-state index in [1.54, 1.807) is 36.6 Å². The summed E-state index contributed by atoms with van der Waals surface area (Å²) in [6, 6.07) is 6.01. The van der Waals surface area contributed by atoms with Gasteiger partial charge in [-0.15, -0.1) is 11.3 Å². The van der Waals surface area contributed by atoms with Crippen LogP contribution in [-0.2, 0) is 9.59 Å². The van der Waals surface area contributed by atoms with Gasteiger partial charge in [-0.1, -0.05) is 0 Å². The zero-order valence-electron chi connectivity index (χ0n) is 19.2. The van der Waals surface area contributed by atoms with Crippen LogP contribution in [0.15, 0.2) is 29.8 Å². The molecule has 0 saturated carbocycles. The monoisotopic (exact) mass is 494 g/mol. The van der Waals surface area contributed by atoms with Crippen LogP contribution in [0.2, 0.25) is 0 Å². The van der Waals surface area contributed by atoms with Gasteiger partial charge in [0, 0.05) is 49.3 Å². The molecule has 5 heterocycles. The first-order chi connectivity index (χ1) is 17.0. The van der Waals surface area contributed by atoms with Gasteiger partial charge in [0.25, 0.3) is 5.91 Å². The number of aromatic nitrogens is 3. The average molecular weight is 495 g/mol. The molecule has 12 heteroatoms. The lowest BCUT2D eigenvalue weighted by Crippen LogP contribution is -2.80. The summed E-state index contributed by atoms with van der Waals surface area (Å²) in [5.74, 6) is -0.415. The Hall–Kier alpha value is -3.51. The molecule has 3 fully saturated rings. The van der Waals surface area contributed by atoms with Crippen molar-refractivity contribution in [3.63, 3.8) is 0 Å². The normalized spacial score (nSPS) is 23.5. The van der Waals surface area contributed by atoms with E-state index in [-0.39, 0.29) is 29.7 Å². The fraction of sp³-hybridized carbons (Fsp3) is 0.435. The van der Waals surface area contributed by atoms with Gasteiger partial charge >= 0.3 is 0 Å². The van der Waals surface area contributed by atoms with E-state index in [1.807, 2.05) is 16.5 Å². The third kappa shape index (κ3) is 3.82. The highest BCUT2D eigenvalue weighted by molar-refractivity contribution is 7.13. The number of amides is 3. The first-order valence-electron chi connectivity index (χ1n) is 11.7. The topological polar surface area (TPSA) is 127 Å². The van der Waals surface area contributed by atoms with E-state index in [9.17, 15) is 14.4 Å². The Balaban J connectivity index is 1.01. The highest BCUT2D eigenvalue weighted by Crippen LogP contribution is 2.38. The van der Waals surface area contributed by atoms with Crippen molar-refractivity contribution in [2.45, 2.75) is 18.5 Å². The Bertz CT molecular complexity index is 1290. The Morgan fingerprint density at radius 3 is 2.83 bits per heavy atom. The van der Waals surface area contributed by atoms with E-state index in [1.165, 1.54) is 0 Å². The van der Waals surface area contributed by atoms with Crippen molar-refractivity contribution in [2.75, 3.05) is 50.0 Å². The molecule has 1 unspecified atom stereocenters. The summed E-state index contributed by atoms with van der Waals surface area (Å²) < 4.78 is 0. The second-order valence-electron chi connectivity index (χ2n) is 9.27. The predicted octanol–water partition coefficient (Wildman–Crippen LogP) is 0.739. The molecule has 2 aromatic heterocycles. The minimum atomic E-state index is -0.290. The molecule has 1 aromatic carbocycles. The van der Waals surface area contributed by atoms with Gasteiger partial charge in [0.1, 0.15) is 0 Å². The van der Waals surface area contributed by atoms with Crippen molar-refractivity contribution >= 4 is 50.8 Å². The Kier molecular flexibility index (Phi) is 5.41. The number of nitrogens with zero attached hydrogens (tertiary/aromatic N) is 5. The number of benzene rings is 1. The molecule has 6 rings (SSSR count). The fourth-order valence-corrected chi connectivity index (χ4v) is 5.93. The lowest BCUT2D eigenvalue weighted by Gasteiger charge is -2.61. The van der Waals surface area contributed by atoms with Crippen LogP contribution in [0, 0.1) is 5.92 Å². The highest BCUT2D eigenvalue weighted by atomic mass is 32.1. The summed E-state index contributed by atoms with van der Waals surface area (Å²) in [7, 11) is 1.55. The quantitative estimate of drug-likeness (QED) is 0.461. The van der Waals surface area contributed by atoms with Gasteiger partial charge in [-0.25, -0.2) is 4.98 Å². The number of carbonyl (C=O) groups excluding carboxylic acids is 3. The van der Waals surface area contributed by atoms with Crippen LogP contribution in [0.3, 0.4) is 0 Å². The number of hydrogen-bond donors (Lipinski definition) is 3. The van der Waals surface area contributed by atoms with Crippen molar-refractivity contribution in [2.24, 2.45) is 5.92 Å². The summed E-state index contributed by atoms with van der Waals surface area (Å²) in [5.41, 5.74) is 1.63. The molecule has 3 saturated heterocycles. The van der Waals surface area contributed by atoms with Crippen LogP contribution >= 0.6 is 11.3 Å². The third-order valence-electron chi connectivity index (χ3n) is 7.27. The van der Waals surface area contributed by atoms with Crippen LogP contribution in [0.5, 0.6) is 0 Å². The van der Waals surface area contributed by atoms with E-state index in [0.717, 1.165) is 30.3 Å². The van der Waals surface area contributed by atoms with Gasteiger partial charge in [-0.2, -0.15) is 5.10 Å². The Morgan fingerprint density at radius 2 is 2.09 bits per heavy atom. The van der Waals surface area contributed by atoms with E-state index in [4.69, 9.17) is 0 Å². The summed E-state index contributed by atoms with van der Waals surface area (Å²) in [6.07, 6.45) is 2.52. The number of aromatic amines is 1. The van der Waals surface area contributed by atoms with Crippen LogP contribution in [0.25, 0.3) is 10.9 Å². The molecule has 3 aromatic rings. The molecule has 3 aliphatic rings. The minimum Gasteiger partial charge on any atom is -0.354 e. The van der Waals surface area contributed by atoms with Crippen molar-refractivity contribution in [3.05, 3.63) is 35.5 Å². The molecule has 0 aliphatic carbocycles. The van der Waals surface area contributed by atoms with E-state index in [2.05, 4.69) is 35.6 Å². The molecule has 3 amide bonds. The summed E-state index contributed by atoms with van der Waals surface area (Å²) in [4.78, 5) is 48.4. The van der Waals surface area contributed by atoms with Crippen LogP contribution in [0.4, 0.5) is 10.8 Å². The first kappa shape index (κ1) is 22.0. The Morgan fingerprint density at radius 1 is 1.20 bits per heavy atom. The summed E-state index contributed by atoms with van der Waals surface area (Å²) >= 11 is 1.63. The number of carbonyl (C=O) groups is 3. The molecule has 0 spiro atoms. The number of hydrogen-bond acceptors (Lipinski definition) is 8. The largest absolute Gasteiger partial charge is 0.354 e. The average Bonchev–Trinajstić information content (AvgIpc) is 3.60. The number of H-pyrrole nitrogens is 1. The molecule has 35 heavy (non-hydrogen) atoms. The zero-order chi connectivity index (χ0) is 24.1. The maximum atomic E-state index is 12.9. The van der Waals surface area contributed by atoms with Gasteiger partial charge < -0.3 is 20.4 Å². The van der Waals surface area contributed by atoms with E-state index >= 15 is 0 Å². The van der Waals surface area contributed by atoms with Crippen LogP contribution in [0.1, 0.15) is 16.9 Å². The van der Waals surface area contributed by atoms with Gasteiger partial charge in [0.05, 0.1) is 30.1 Å². The van der Waals surface area contributed by atoms with Crippen LogP contribution < -0.4 is 15.5 Å². The Labute approximate surface area is 205 Å². The second kappa shape index (κ2) is 8.61. The van der Waals surface area contributed by atoms with E-state index in [0.29, 0.717) is 42.3 Å². The number of rotatable bonds is 6.